The number of nitrogens with zero attached hydrogens (tertiary/aromatic N) is 3. The highest BCUT2D eigenvalue weighted by Crippen LogP contribution is 2.19. The second kappa shape index (κ2) is 7.15. The molecule has 6 nitrogen and oxygen atoms in total. The van der Waals surface area contributed by atoms with Gasteiger partial charge in [-0.05, 0) is 37.1 Å². The molecule has 1 aromatic carbocycles. The Balaban J connectivity index is 1.57. The summed E-state index contributed by atoms with van der Waals surface area (Å²) in [4.78, 5) is 18.1. The van der Waals surface area contributed by atoms with Crippen LogP contribution >= 0.6 is 0 Å². The largest absolute Gasteiger partial charge is 0.472 e. The third-order valence-electron chi connectivity index (χ3n) is 4.83. The first-order valence-corrected chi connectivity index (χ1v) is 8.98. The molecule has 0 unspecified atom stereocenters. The molecule has 6 heteroatoms. The normalized spacial score (nSPS) is 11.2. The zero-order valence-electron chi connectivity index (χ0n) is 15.5. The molecule has 27 heavy (non-hydrogen) atoms. The average Bonchev–Trinajstić information content (AvgIpc) is 3.39. The number of hydrogen-bond donors (Lipinski definition) is 1. The highest BCUT2D eigenvalue weighted by molar-refractivity contribution is 5.93. The van der Waals surface area contributed by atoms with E-state index in [4.69, 9.17) is 4.42 Å². The molecule has 0 aliphatic rings. The van der Waals surface area contributed by atoms with E-state index in [-0.39, 0.29) is 5.91 Å². The fraction of sp³-hybridized carbons (Fsp3) is 0.238. The number of aromatic amines is 1. The van der Waals surface area contributed by atoms with Gasteiger partial charge in [-0.2, -0.15) is 5.10 Å². The lowest BCUT2D eigenvalue weighted by Crippen LogP contribution is -2.33. The second-order valence-corrected chi connectivity index (χ2v) is 6.75. The molecule has 4 rings (SSSR count). The van der Waals surface area contributed by atoms with E-state index in [1.807, 2.05) is 47.9 Å². The van der Waals surface area contributed by atoms with Crippen LogP contribution in [0.2, 0.25) is 0 Å². The molecule has 3 heterocycles. The van der Waals surface area contributed by atoms with Crippen molar-refractivity contribution in [3.63, 3.8) is 0 Å². The number of aromatic nitrogens is 3. The molecule has 0 atom stereocenters. The number of hydrogen-bond acceptors (Lipinski definition) is 3. The molecule has 1 amide bonds. The van der Waals surface area contributed by atoms with Gasteiger partial charge in [0, 0.05) is 30.7 Å². The van der Waals surface area contributed by atoms with Gasteiger partial charge in [0.15, 0.2) is 0 Å². The highest BCUT2D eigenvalue weighted by atomic mass is 16.3. The third kappa shape index (κ3) is 3.51. The average molecular weight is 362 g/mol. The van der Waals surface area contributed by atoms with Crippen molar-refractivity contribution >= 4 is 16.8 Å². The summed E-state index contributed by atoms with van der Waals surface area (Å²) < 4.78 is 6.93. The minimum atomic E-state index is -0.0394. The first-order chi connectivity index (χ1) is 13.1. The van der Waals surface area contributed by atoms with Crippen molar-refractivity contribution in [3.8, 4) is 0 Å². The van der Waals surface area contributed by atoms with Gasteiger partial charge in [0.25, 0.3) is 5.91 Å². The van der Waals surface area contributed by atoms with Crippen LogP contribution in [0.3, 0.4) is 0 Å². The smallest absolute Gasteiger partial charge is 0.257 e. The standard InChI is InChI=1S/C21H22N4O2/c1-15-11-18(24(2)23-15)13-25(21(26)17-8-10-27-14-17)9-7-16-12-22-20-6-4-3-5-19(16)20/h3-6,8,10-12,14,22H,7,9,13H2,1-2H3. The minimum absolute atomic E-state index is 0.0394. The number of aryl methyl sites for hydroxylation is 2. The van der Waals surface area contributed by atoms with Crippen LogP contribution in [0.4, 0.5) is 0 Å². The molecule has 0 saturated carbocycles. The molecule has 0 bridgehead atoms. The number of carbonyl (C=O) groups is 1. The molecular weight excluding hydrogens is 340 g/mol. The van der Waals surface area contributed by atoms with Gasteiger partial charge in [0.2, 0.25) is 0 Å². The van der Waals surface area contributed by atoms with E-state index in [1.54, 1.807) is 6.07 Å². The Morgan fingerprint density at radius 1 is 1.30 bits per heavy atom. The Kier molecular flexibility index (Phi) is 4.54. The van der Waals surface area contributed by atoms with E-state index in [0.717, 1.165) is 23.3 Å². The van der Waals surface area contributed by atoms with E-state index < -0.39 is 0 Å². The SMILES string of the molecule is Cc1cc(CN(CCc2c[nH]c3ccccc23)C(=O)c2ccoc2)n(C)n1. The number of carbonyl (C=O) groups excluding carboxylic acids is 1. The van der Waals surface area contributed by atoms with Crippen molar-refractivity contribution < 1.29 is 9.21 Å². The van der Waals surface area contributed by atoms with Crippen LogP contribution in [0, 0.1) is 6.92 Å². The molecule has 0 saturated heterocycles. The molecule has 138 valence electrons. The summed E-state index contributed by atoms with van der Waals surface area (Å²) >= 11 is 0. The van der Waals surface area contributed by atoms with Crippen LogP contribution in [0.5, 0.6) is 0 Å². The lowest BCUT2D eigenvalue weighted by atomic mass is 10.1. The number of furan rings is 1. The summed E-state index contributed by atoms with van der Waals surface area (Å²) in [5.74, 6) is -0.0394. The van der Waals surface area contributed by atoms with Crippen LogP contribution in [-0.4, -0.2) is 32.1 Å². The number of fused-ring (bicyclic) bond motifs is 1. The lowest BCUT2D eigenvalue weighted by Gasteiger charge is -2.22. The molecule has 0 radical (unpaired) electrons. The van der Waals surface area contributed by atoms with E-state index in [0.29, 0.717) is 18.7 Å². The van der Waals surface area contributed by atoms with Gasteiger partial charge in [-0.15, -0.1) is 0 Å². The fourth-order valence-corrected chi connectivity index (χ4v) is 3.42. The van der Waals surface area contributed by atoms with Crippen molar-refractivity contribution in [2.45, 2.75) is 19.9 Å². The molecule has 1 N–H and O–H groups in total. The van der Waals surface area contributed by atoms with Crippen LogP contribution in [0.25, 0.3) is 10.9 Å². The summed E-state index contributed by atoms with van der Waals surface area (Å²) in [6.45, 7) is 3.07. The van der Waals surface area contributed by atoms with Gasteiger partial charge in [0.1, 0.15) is 6.26 Å². The minimum Gasteiger partial charge on any atom is -0.472 e. The topological polar surface area (TPSA) is 67.1 Å². The van der Waals surface area contributed by atoms with Crippen LogP contribution in [0.1, 0.15) is 27.3 Å². The first-order valence-electron chi connectivity index (χ1n) is 8.98. The maximum absolute atomic E-state index is 13.0. The van der Waals surface area contributed by atoms with E-state index >= 15 is 0 Å². The van der Waals surface area contributed by atoms with Gasteiger partial charge in [-0.1, -0.05) is 18.2 Å². The summed E-state index contributed by atoms with van der Waals surface area (Å²) in [5.41, 5.74) is 4.83. The van der Waals surface area contributed by atoms with Crippen molar-refractivity contribution in [2.75, 3.05) is 6.54 Å². The lowest BCUT2D eigenvalue weighted by molar-refractivity contribution is 0.0740. The van der Waals surface area contributed by atoms with E-state index in [9.17, 15) is 4.79 Å². The highest BCUT2D eigenvalue weighted by Gasteiger charge is 2.19. The Bertz CT molecular complexity index is 1060. The zero-order valence-corrected chi connectivity index (χ0v) is 15.5. The predicted molar refractivity (Wildman–Crippen MR) is 103 cm³/mol. The third-order valence-corrected chi connectivity index (χ3v) is 4.83. The maximum Gasteiger partial charge on any atom is 0.257 e. The van der Waals surface area contributed by atoms with Gasteiger partial charge in [-0.25, -0.2) is 0 Å². The van der Waals surface area contributed by atoms with E-state index in [1.165, 1.54) is 23.5 Å². The van der Waals surface area contributed by atoms with Gasteiger partial charge < -0.3 is 14.3 Å². The Morgan fingerprint density at radius 3 is 2.89 bits per heavy atom. The quantitative estimate of drug-likeness (QED) is 0.569. The molecule has 3 aromatic heterocycles. The van der Waals surface area contributed by atoms with Crippen LogP contribution in [-0.2, 0) is 20.0 Å². The number of nitrogens with one attached hydrogen (secondary N) is 1. The second-order valence-electron chi connectivity index (χ2n) is 6.75. The van der Waals surface area contributed by atoms with Crippen LogP contribution in [0.15, 0.2) is 59.5 Å². The number of benzene rings is 1. The molecule has 0 aliphatic heterocycles. The first kappa shape index (κ1) is 17.1. The van der Waals surface area contributed by atoms with Gasteiger partial charge in [-0.3, -0.25) is 9.48 Å². The van der Waals surface area contributed by atoms with Crippen molar-refractivity contribution in [3.05, 3.63) is 77.6 Å². The van der Waals surface area contributed by atoms with Gasteiger partial charge >= 0.3 is 0 Å². The number of amides is 1. The Hall–Kier alpha value is -3.28. The molecule has 0 fully saturated rings. The van der Waals surface area contributed by atoms with Crippen molar-refractivity contribution in [1.82, 2.24) is 19.7 Å². The molecule has 0 aliphatic carbocycles. The number of rotatable bonds is 6. The Morgan fingerprint density at radius 2 is 2.15 bits per heavy atom. The van der Waals surface area contributed by atoms with Gasteiger partial charge in [0.05, 0.1) is 29.8 Å². The van der Waals surface area contributed by atoms with Crippen molar-refractivity contribution in [2.24, 2.45) is 7.05 Å². The maximum atomic E-state index is 13.0. The monoisotopic (exact) mass is 362 g/mol. The van der Waals surface area contributed by atoms with Crippen LogP contribution < -0.4 is 0 Å². The zero-order chi connectivity index (χ0) is 18.8. The summed E-state index contributed by atoms with van der Waals surface area (Å²) in [6.07, 6.45) is 5.82. The number of para-hydroxylation sites is 1. The Labute approximate surface area is 157 Å². The predicted octanol–water partition coefficient (Wildman–Crippen LogP) is 3.69. The van der Waals surface area contributed by atoms with Crippen molar-refractivity contribution in [1.29, 1.82) is 0 Å². The summed E-state index contributed by atoms with van der Waals surface area (Å²) in [7, 11) is 1.91. The summed E-state index contributed by atoms with van der Waals surface area (Å²) in [6, 6.07) is 11.9. The summed E-state index contributed by atoms with van der Waals surface area (Å²) in [5, 5.41) is 5.59. The number of H-pyrrole nitrogens is 1. The fourth-order valence-electron chi connectivity index (χ4n) is 3.42. The molecule has 0 spiro atoms. The molecular formula is C21H22N4O2. The molecule has 4 aromatic rings. The van der Waals surface area contributed by atoms with E-state index in [2.05, 4.69) is 22.2 Å².